The number of anilines is 1. The highest BCUT2D eigenvalue weighted by atomic mass is 35.5. The fourth-order valence-electron chi connectivity index (χ4n) is 2.73. The van der Waals surface area contributed by atoms with E-state index in [-0.39, 0.29) is 18.3 Å². The van der Waals surface area contributed by atoms with Crippen LogP contribution in [-0.2, 0) is 17.6 Å². The number of thioether (sulfide) groups is 1. The summed E-state index contributed by atoms with van der Waals surface area (Å²) in [7, 11) is 0. The van der Waals surface area contributed by atoms with Crippen molar-refractivity contribution in [2.24, 2.45) is 11.7 Å². The number of fused-ring (bicyclic) bond motifs is 1. The van der Waals surface area contributed by atoms with E-state index in [0.29, 0.717) is 6.42 Å². The zero-order valence-corrected chi connectivity index (χ0v) is 15.7. The van der Waals surface area contributed by atoms with Gasteiger partial charge in [0.15, 0.2) is 5.13 Å². The number of halogens is 1. The number of aryl methyl sites for hydroxylation is 1. The molecule has 1 amide bonds. The number of nitrogens with zero attached hydrogens (tertiary/aromatic N) is 1. The second-order valence-electron chi connectivity index (χ2n) is 5.66. The zero-order chi connectivity index (χ0) is 15.2. The summed E-state index contributed by atoms with van der Waals surface area (Å²) in [6.45, 7) is 2.24. The minimum absolute atomic E-state index is 0. The fourth-order valence-corrected chi connectivity index (χ4v) is 4.34. The number of amides is 1. The van der Waals surface area contributed by atoms with E-state index in [2.05, 4.69) is 17.2 Å². The fraction of sp³-hybridized carbons (Fsp3) is 0.733. The Balaban J connectivity index is 0.00000242. The summed E-state index contributed by atoms with van der Waals surface area (Å²) in [6.07, 6.45) is 8.65. The third-order valence-electron chi connectivity index (χ3n) is 3.94. The Labute approximate surface area is 147 Å². The highest BCUT2D eigenvalue weighted by Gasteiger charge is 2.23. The van der Waals surface area contributed by atoms with Gasteiger partial charge in [-0.3, -0.25) is 4.79 Å². The van der Waals surface area contributed by atoms with Crippen LogP contribution >= 0.6 is 35.5 Å². The quantitative estimate of drug-likeness (QED) is 0.778. The van der Waals surface area contributed by atoms with E-state index in [9.17, 15) is 4.79 Å². The van der Waals surface area contributed by atoms with Crippen LogP contribution in [0.2, 0.25) is 0 Å². The van der Waals surface area contributed by atoms with Crippen LogP contribution in [0.15, 0.2) is 0 Å². The maximum atomic E-state index is 12.0. The van der Waals surface area contributed by atoms with Crippen molar-refractivity contribution in [1.29, 1.82) is 0 Å². The summed E-state index contributed by atoms with van der Waals surface area (Å²) in [5.74, 6) is 1.58. The molecule has 2 atom stereocenters. The van der Waals surface area contributed by atoms with Crippen molar-refractivity contribution in [2.75, 3.05) is 17.3 Å². The average Bonchev–Trinajstić information content (AvgIpc) is 2.86. The Morgan fingerprint density at radius 3 is 3.05 bits per heavy atom. The second kappa shape index (κ2) is 9.75. The van der Waals surface area contributed by atoms with Crippen molar-refractivity contribution in [3.63, 3.8) is 0 Å². The molecule has 0 saturated carbocycles. The highest BCUT2D eigenvalue weighted by molar-refractivity contribution is 7.98. The predicted molar refractivity (Wildman–Crippen MR) is 99.4 cm³/mol. The molecule has 1 aliphatic carbocycles. The van der Waals surface area contributed by atoms with Crippen molar-refractivity contribution in [3.05, 3.63) is 10.6 Å². The average molecular weight is 364 g/mol. The van der Waals surface area contributed by atoms with Gasteiger partial charge < -0.3 is 11.1 Å². The number of carbonyl (C=O) groups excluding carboxylic acids is 1. The summed E-state index contributed by atoms with van der Waals surface area (Å²) in [5.41, 5.74) is 7.07. The van der Waals surface area contributed by atoms with Gasteiger partial charge >= 0.3 is 0 Å². The minimum Gasteiger partial charge on any atom is -0.320 e. The van der Waals surface area contributed by atoms with Gasteiger partial charge in [-0.15, -0.1) is 23.7 Å². The third kappa shape index (κ3) is 5.41. The zero-order valence-electron chi connectivity index (χ0n) is 13.3. The lowest BCUT2D eigenvalue weighted by Gasteiger charge is -2.19. The smallest absolute Gasteiger partial charge is 0.243 e. The number of aromatic nitrogens is 1. The third-order valence-corrected chi connectivity index (χ3v) is 5.62. The first kappa shape index (κ1) is 19.7. The number of hydrogen-bond acceptors (Lipinski definition) is 5. The van der Waals surface area contributed by atoms with Crippen LogP contribution in [0.4, 0.5) is 5.13 Å². The Hall–Kier alpha value is -0.300. The molecule has 0 bridgehead atoms. The Kier molecular flexibility index (Phi) is 8.75. The van der Waals surface area contributed by atoms with E-state index in [1.165, 1.54) is 29.8 Å². The molecule has 2 rings (SSSR count). The molecule has 0 spiro atoms. The summed E-state index contributed by atoms with van der Waals surface area (Å²) >= 11 is 3.34. The number of rotatable bonds is 7. The van der Waals surface area contributed by atoms with Gasteiger partial charge in [-0.05, 0) is 43.6 Å². The van der Waals surface area contributed by atoms with Gasteiger partial charge in [0.25, 0.3) is 0 Å². The molecule has 1 aliphatic rings. The van der Waals surface area contributed by atoms with Crippen LogP contribution in [0.5, 0.6) is 0 Å². The lowest BCUT2D eigenvalue weighted by molar-refractivity contribution is -0.117. The standard InChI is InChI=1S/C15H25N3OS2.ClH/c1-3-4-10-5-6-12-13(9-10)21-15(17-12)18-14(19)11(16)7-8-20-2;/h10-11H,3-9,16H2,1-2H3,(H,17,18,19);1H/t10?,11-;/m0./s1. The highest BCUT2D eigenvalue weighted by Crippen LogP contribution is 2.34. The summed E-state index contributed by atoms with van der Waals surface area (Å²) in [4.78, 5) is 17.9. The Morgan fingerprint density at radius 1 is 1.59 bits per heavy atom. The number of hydrogen-bond donors (Lipinski definition) is 2. The van der Waals surface area contributed by atoms with E-state index in [1.807, 2.05) is 6.26 Å². The molecule has 0 aliphatic heterocycles. The van der Waals surface area contributed by atoms with Gasteiger partial charge in [-0.2, -0.15) is 11.8 Å². The van der Waals surface area contributed by atoms with Crippen LogP contribution in [0, 0.1) is 5.92 Å². The molecule has 7 heteroatoms. The molecule has 0 saturated heterocycles. The lowest BCUT2D eigenvalue weighted by atomic mass is 9.88. The first-order valence-corrected chi connectivity index (χ1v) is 9.89. The van der Waals surface area contributed by atoms with Crippen molar-refractivity contribution in [2.45, 2.75) is 51.5 Å². The molecule has 0 fully saturated rings. The van der Waals surface area contributed by atoms with Crippen LogP contribution in [0.1, 0.15) is 43.2 Å². The second-order valence-corrected chi connectivity index (χ2v) is 7.73. The normalized spacial score (nSPS) is 18.2. The number of nitrogens with two attached hydrogens (primary N) is 1. The van der Waals surface area contributed by atoms with Gasteiger partial charge in [-0.25, -0.2) is 4.98 Å². The number of carbonyl (C=O) groups is 1. The molecule has 1 aromatic heterocycles. The molecule has 1 aromatic rings. The van der Waals surface area contributed by atoms with Gasteiger partial charge in [0.05, 0.1) is 11.7 Å². The van der Waals surface area contributed by atoms with Crippen LogP contribution < -0.4 is 11.1 Å². The van der Waals surface area contributed by atoms with E-state index in [4.69, 9.17) is 5.73 Å². The van der Waals surface area contributed by atoms with E-state index < -0.39 is 6.04 Å². The summed E-state index contributed by atoms with van der Waals surface area (Å²) in [6, 6.07) is -0.439. The van der Waals surface area contributed by atoms with E-state index in [0.717, 1.165) is 29.6 Å². The Bertz CT molecular complexity index is 481. The molecule has 1 unspecified atom stereocenters. The van der Waals surface area contributed by atoms with Crippen molar-refractivity contribution < 1.29 is 4.79 Å². The predicted octanol–water partition coefficient (Wildman–Crippen LogP) is 3.49. The number of nitrogens with one attached hydrogen (secondary N) is 1. The van der Waals surface area contributed by atoms with Gasteiger partial charge in [-0.1, -0.05) is 19.8 Å². The molecular weight excluding hydrogens is 338 g/mol. The van der Waals surface area contributed by atoms with Crippen molar-refractivity contribution >= 4 is 46.5 Å². The van der Waals surface area contributed by atoms with Crippen molar-refractivity contribution in [1.82, 2.24) is 4.98 Å². The largest absolute Gasteiger partial charge is 0.320 e. The summed E-state index contributed by atoms with van der Waals surface area (Å²) in [5, 5.41) is 3.61. The molecule has 0 aromatic carbocycles. The SMILES string of the molecule is CCCC1CCc2nc(NC(=O)[C@@H](N)CCSC)sc2C1.Cl. The van der Waals surface area contributed by atoms with Crippen LogP contribution in [0.3, 0.4) is 0 Å². The maximum Gasteiger partial charge on any atom is 0.243 e. The molecule has 4 nitrogen and oxygen atoms in total. The lowest BCUT2D eigenvalue weighted by Crippen LogP contribution is -2.36. The molecule has 126 valence electrons. The van der Waals surface area contributed by atoms with Crippen molar-refractivity contribution in [3.8, 4) is 0 Å². The molecular formula is C15H26ClN3OS2. The molecule has 3 N–H and O–H groups in total. The van der Waals surface area contributed by atoms with E-state index in [1.54, 1.807) is 23.1 Å². The monoisotopic (exact) mass is 363 g/mol. The van der Waals surface area contributed by atoms with E-state index >= 15 is 0 Å². The van der Waals surface area contributed by atoms with Gasteiger partial charge in [0, 0.05) is 4.88 Å². The maximum absolute atomic E-state index is 12.0. The molecule has 0 radical (unpaired) electrons. The minimum atomic E-state index is -0.439. The summed E-state index contributed by atoms with van der Waals surface area (Å²) < 4.78 is 0. The van der Waals surface area contributed by atoms with Crippen LogP contribution in [0.25, 0.3) is 0 Å². The van der Waals surface area contributed by atoms with Gasteiger partial charge in [0.1, 0.15) is 0 Å². The molecule has 1 heterocycles. The van der Waals surface area contributed by atoms with Crippen LogP contribution in [-0.4, -0.2) is 28.9 Å². The number of thiazole rings is 1. The Morgan fingerprint density at radius 2 is 2.36 bits per heavy atom. The van der Waals surface area contributed by atoms with Gasteiger partial charge in [0.2, 0.25) is 5.91 Å². The first-order valence-electron chi connectivity index (χ1n) is 7.68. The first-order chi connectivity index (χ1) is 10.1. The molecule has 22 heavy (non-hydrogen) atoms. The topological polar surface area (TPSA) is 68.0 Å².